The normalized spacial score (nSPS) is 11.9. The molecule has 0 saturated carbocycles. The van der Waals surface area contributed by atoms with Crippen molar-refractivity contribution >= 4 is 21.9 Å². The van der Waals surface area contributed by atoms with Gasteiger partial charge in [0, 0.05) is 25.6 Å². The summed E-state index contributed by atoms with van der Waals surface area (Å²) in [7, 11) is -3.81. The smallest absolute Gasteiger partial charge is 0.265 e. The number of thioether (sulfide) groups is 1. The van der Waals surface area contributed by atoms with E-state index in [4.69, 9.17) is 14.4 Å². The summed E-state index contributed by atoms with van der Waals surface area (Å²) in [5, 5.41) is 8.45. The Morgan fingerprint density at radius 3 is 2.40 bits per heavy atom. The van der Waals surface area contributed by atoms with Crippen molar-refractivity contribution in [1.82, 2.24) is 0 Å². The Morgan fingerprint density at radius 2 is 1.80 bits per heavy atom. The summed E-state index contributed by atoms with van der Waals surface area (Å²) in [6, 6.07) is 0. The van der Waals surface area contributed by atoms with E-state index in [9.17, 15) is 8.42 Å². The molecule has 0 aliphatic heterocycles. The van der Waals surface area contributed by atoms with Crippen molar-refractivity contribution in [2.75, 3.05) is 37.1 Å². The van der Waals surface area contributed by atoms with E-state index in [0.717, 1.165) is 12.2 Å². The lowest BCUT2D eigenvalue weighted by atomic mass is 10.5. The Labute approximate surface area is 95.0 Å². The third kappa shape index (κ3) is 14.2. The molecule has 0 aliphatic carbocycles. The highest BCUT2D eigenvalue weighted by Gasteiger charge is 2.02. The Balaban J connectivity index is 3.06. The second-order valence-electron chi connectivity index (χ2n) is 2.94. The first-order valence-corrected chi connectivity index (χ1v) is 7.54. The molecule has 0 saturated heterocycles. The third-order valence-corrected chi connectivity index (χ3v) is 3.56. The summed E-state index contributed by atoms with van der Waals surface area (Å²) in [6.07, 6.45) is 1.50. The molecule has 0 aromatic heterocycles. The van der Waals surface area contributed by atoms with Crippen LogP contribution in [0.3, 0.4) is 0 Å². The summed E-state index contributed by atoms with van der Waals surface area (Å²) < 4.78 is 34.3. The zero-order valence-corrected chi connectivity index (χ0v) is 10.2. The number of hydrogen-bond acceptors (Lipinski definition) is 5. The van der Waals surface area contributed by atoms with Crippen molar-refractivity contribution < 1.29 is 22.8 Å². The minimum absolute atomic E-state index is 0.142. The average molecular weight is 258 g/mol. The van der Waals surface area contributed by atoms with Crippen LogP contribution >= 0.6 is 11.8 Å². The van der Waals surface area contributed by atoms with Gasteiger partial charge < -0.3 is 9.84 Å². The van der Waals surface area contributed by atoms with Crippen LogP contribution in [-0.4, -0.2) is 55.2 Å². The van der Waals surface area contributed by atoms with Crippen molar-refractivity contribution in [3.05, 3.63) is 0 Å². The molecule has 0 amide bonds. The van der Waals surface area contributed by atoms with Gasteiger partial charge in [-0.25, -0.2) is 0 Å². The largest absolute Gasteiger partial charge is 0.396 e. The first kappa shape index (κ1) is 15.2. The molecule has 0 aliphatic rings. The zero-order chi connectivity index (χ0) is 11.6. The van der Waals surface area contributed by atoms with Crippen LogP contribution in [0.1, 0.15) is 12.8 Å². The van der Waals surface area contributed by atoms with Crippen molar-refractivity contribution in [1.29, 1.82) is 0 Å². The van der Waals surface area contributed by atoms with E-state index in [1.54, 1.807) is 0 Å². The van der Waals surface area contributed by atoms with Crippen LogP contribution in [0.5, 0.6) is 0 Å². The molecular formula is C8H18O5S2. The molecule has 7 heteroatoms. The van der Waals surface area contributed by atoms with E-state index >= 15 is 0 Å². The maximum Gasteiger partial charge on any atom is 0.265 e. The molecule has 0 aromatic rings. The maximum atomic E-state index is 10.3. The summed E-state index contributed by atoms with van der Waals surface area (Å²) in [5.74, 6) is 1.03. The van der Waals surface area contributed by atoms with Crippen LogP contribution in [-0.2, 0) is 14.9 Å². The topological polar surface area (TPSA) is 83.8 Å². The molecule has 0 fully saturated rings. The molecule has 0 unspecified atom stereocenters. The van der Waals surface area contributed by atoms with Crippen molar-refractivity contribution in [3.63, 3.8) is 0 Å². The van der Waals surface area contributed by atoms with E-state index in [0.29, 0.717) is 25.4 Å². The fraction of sp³-hybridized carbons (Fsp3) is 1.00. The third-order valence-electron chi connectivity index (χ3n) is 1.51. The van der Waals surface area contributed by atoms with Gasteiger partial charge in [0.2, 0.25) is 0 Å². The SMILES string of the molecule is O=S(=O)(O)CCSCCCOCCCO. The molecule has 15 heavy (non-hydrogen) atoms. The number of ether oxygens (including phenoxy) is 1. The Kier molecular flexibility index (Phi) is 9.52. The minimum Gasteiger partial charge on any atom is -0.396 e. The van der Waals surface area contributed by atoms with Crippen molar-refractivity contribution in [3.8, 4) is 0 Å². The Hall–Kier alpha value is 0.180. The van der Waals surface area contributed by atoms with Gasteiger partial charge in [0.15, 0.2) is 0 Å². The second kappa shape index (κ2) is 9.41. The van der Waals surface area contributed by atoms with Crippen LogP contribution < -0.4 is 0 Å². The van der Waals surface area contributed by atoms with Crippen LogP contribution in [0, 0.1) is 0 Å². The predicted molar refractivity (Wildman–Crippen MR) is 60.9 cm³/mol. The molecule has 2 N–H and O–H groups in total. The van der Waals surface area contributed by atoms with Crippen molar-refractivity contribution in [2.24, 2.45) is 0 Å². The van der Waals surface area contributed by atoms with Gasteiger partial charge in [-0.05, 0) is 18.6 Å². The molecule has 0 bridgehead atoms. The standard InChI is InChI=1S/C8H18O5S2/c9-3-1-4-13-5-2-6-14-7-8-15(10,11)12/h9H,1-8H2,(H,10,11,12). The molecule has 0 aromatic carbocycles. The van der Waals surface area contributed by atoms with Gasteiger partial charge >= 0.3 is 0 Å². The molecule has 0 radical (unpaired) electrons. The maximum absolute atomic E-state index is 10.3. The number of hydrogen-bond donors (Lipinski definition) is 2. The fourth-order valence-electron chi connectivity index (χ4n) is 0.798. The lowest BCUT2D eigenvalue weighted by Crippen LogP contribution is -2.06. The molecule has 0 heterocycles. The van der Waals surface area contributed by atoms with Gasteiger partial charge in [0.25, 0.3) is 10.1 Å². The van der Waals surface area contributed by atoms with Crippen LogP contribution in [0.15, 0.2) is 0 Å². The Bertz CT molecular complexity index is 227. The predicted octanol–water partition coefficient (Wildman–Crippen LogP) is 0.397. The highest BCUT2D eigenvalue weighted by molar-refractivity contribution is 8.00. The van der Waals surface area contributed by atoms with Gasteiger partial charge in [-0.3, -0.25) is 4.55 Å². The van der Waals surface area contributed by atoms with Gasteiger partial charge in [0.1, 0.15) is 0 Å². The van der Waals surface area contributed by atoms with E-state index in [1.165, 1.54) is 11.8 Å². The molecule has 5 nitrogen and oxygen atoms in total. The first-order chi connectivity index (χ1) is 7.06. The van der Waals surface area contributed by atoms with E-state index < -0.39 is 10.1 Å². The lowest BCUT2D eigenvalue weighted by Gasteiger charge is -2.02. The first-order valence-electron chi connectivity index (χ1n) is 4.78. The van der Waals surface area contributed by atoms with E-state index in [2.05, 4.69) is 0 Å². The van der Waals surface area contributed by atoms with Crippen LogP contribution in [0.2, 0.25) is 0 Å². The summed E-state index contributed by atoms with van der Waals surface area (Å²) in [6.45, 7) is 1.33. The lowest BCUT2D eigenvalue weighted by molar-refractivity contribution is 0.117. The molecule has 92 valence electrons. The monoisotopic (exact) mass is 258 g/mol. The fourth-order valence-corrected chi connectivity index (χ4v) is 2.64. The number of rotatable bonds is 10. The zero-order valence-electron chi connectivity index (χ0n) is 8.59. The van der Waals surface area contributed by atoms with Crippen molar-refractivity contribution in [2.45, 2.75) is 12.8 Å². The van der Waals surface area contributed by atoms with Gasteiger partial charge in [0.05, 0.1) is 5.75 Å². The van der Waals surface area contributed by atoms with E-state index in [-0.39, 0.29) is 12.4 Å². The van der Waals surface area contributed by atoms with Gasteiger partial charge in [-0.15, -0.1) is 0 Å². The minimum atomic E-state index is -3.81. The van der Waals surface area contributed by atoms with Gasteiger partial charge in [-0.2, -0.15) is 20.2 Å². The molecule has 0 rings (SSSR count). The number of aliphatic hydroxyl groups is 1. The van der Waals surface area contributed by atoms with E-state index in [1.807, 2.05) is 0 Å². The molecule has 0 atom stereocenters. The molecular weight excluding hydrogens is 240 g/mol. The quantitative estimate of drug-likeness (QED) is 0.436. The van der Waals surface area contributed by atoms with Gasteiger partial charge in [-0.1, -0.05) is 0 Å². The average Bonchev–Trinajstić information content (AvgIpc) is 2.14. The highest BCUT2D eigenvalue weighted by Crippen LogP contribution is 2.03. The summed E-state index contributed by atoms with van der Waals surface area (Å²) >= 11 is 1.48. The highest BCUT2D eigenvalue weighted by atomic mass is 32.2. The number of aliphatic hydroxyl groups excluding tert-OH is 1. The summed E-state index contributed by atoms with van der Waals surface area (Å²) in [5.41, 5.74) is 0. The second-order valence-corrected chi connectivity index (χ2v) is 5.74. The van der Waals surface area contributed by atoms with Crippen LogP contribution in [0.25, 0.3) is 0 Å². The van der Waals surface area contributed by atoms with Crippen LogP contribution in [0.4, 0.5) is 0 Å². The molecule has 0 spiro atoms. The Morgan fingerprint density at radius 1 is 1.13 bits per heavy atom. The summed E-state index contributed by atoms with van der Waals surface area (Å²) in [4.78, 5) is 0.